The standard InChI is InChI=1S/C7H6BrNS/c1-4-2-6-7(9-4)5(8)3-10-6/h2-3,9H,1H3. The number of thiophene rings is 1. The molecular formula is C7H6BrNS. The highest BCUT2D eigenvalue weighted by Crippen LogP contribution is 2.29. The lowest BCUT2D eigenvalue weighted by Gasteiger charge is -1.79. The van der Waals surface area contributed by atoms with Gasteiger partial charge in [-0.05, 0) is 28.9 Å². The summed E-state index contributed by atoms with van der Waals surface area (Å²) in [6.45, 7) is 2.07. The molecule has 2 aromatic rings. The number of halogens is 1. The molecule has 0 radical (unpaired) electrons. The van der Waals surface area contributed by atoms with Crippen molar-refractivity contribution < 1.29 is 0 Å². The van der Waals surface area contributed by atoms with Crippen LogP contribution >= 0.6 is 27.3 Å². The summed E-state index contributed by atoms with van der Waals surface area (Å²) in [6.07, 6.45) is 0. The summed E-state index contributed by atoms with van der Waals surface area (Å²) in [5.74, 6) is 0. The Morgan fingerprint density at radius 2 is 2.40 bits per heavy atom. The SMILES string of the molecule is Cc1cc2scc(Br)c2[nH]1. The maximum atomic E-state index is 3.46. The van der Waals surface area contributed by atoms with Crippen LogP contribution in [0.2, 0.25) is 0 Å². The van der Waals surface area contributed by atoms with Crippen molar-refractivity contribution in [3.63, 3.8) is 0 Å². The lowest BCUT2D eigenvalue weighted by Crippen LogP contribution is -1.65. The molecule has 52 valence electrons. The Bertz CT molecular complexity index is 360. The number of H-pyrrole nitrogens is 1. The Labute approximate surface area is 71.2 Å². The zero-order valence-electron chi connectivity index (χ0n) is 5.44. The fourth-order valence-electron chi connectivity index (χ4n) is 1.01. The number of hydrogen-bond donors (Lipinski definition) is 1. The number of fused-ring (bicyclic) bond motifs is 1. The minimum Gasteiger partial charge on any atom is -0.357 e. The van der Waals surface area contributed by atoms with Crippen LogP contribution in [0.3, 0.4) is 0 Å². The quantitative estimate of drug-likeness (QED) is 0.695. The normalized spacial score (nSPS) is 11.0. The second-order valence-corrected chi connectivity index (χ2v) is 4.04. The molecule has 0 bridgehead atoms. The van der Waals surface area contributed by atoms with Crippen LogP contribution < -0.4 is 0 Å². The van der Waals surface area contributed by atoms with E-state index in [0.717, 1.165) is 0 Å². The Morgan fingerprint density at radius 3 is 3.10 bits per heavy atom. The Kier molecular flexibility index (Phi) is 1.35. The molecule has 2 aromatic heterocycles. The molecule has 0 aromatic carbocycles. The van der Waals surface area contributed by atoms with Gasteiger partial charge in [0.15, 0.2) is 0 Å². The van der Waals surface area contributed by atoms with Crippen molar-refractivity contribution in [2.75, 3.05) is 0 Å². The third-order valence-electron chi connectivity index (χ3n) is 1.44. The first-order valence-corrected chi connectivity index (χ1v) is 4.67. The molecule has 0 aliphatic carbocycles. The number of aromatic nitrogens is 1. The lowest BCUT2D eigenvalue weighted by atomic mass is 10.5. The summed E-state index contributed by atoms with van der Waals surface area (Å²) in [7, 11) is 0. The van der Waals surface area contributed by atoms with Crippen molar-refractivity contribution in [3.05, 3.63) is 21.6 Å². The van der Waals surface area contributed by atoms with Crippen molar-refractivity contribution in [2.45, 2.75) is 6.92 Å². The van der Waals surface area contributed by atoms with Crippen molar-refractivity contribution in [2.24, 2.45) is 0 Å². The number of aromatic amines is 1. The molecule has 1 N–H and O–H groups in total. The molecule has 0 atom stereocenters. The summed E-state index contributed by atoms with van der Waals surface area (Å²) in [4.78, 5) is 3.27. The van der Waals surface area contributed by atoms with E-state index >= 15 is 0 Å². The van der Waals surface area contributed by atoms with Crippen LogP contribution in [-0.2, 0) is 0 Å². The van der Waals surface area contributed by atoms with E-state index in [1.165, 1.54) is 20.4 Å². The van der Waals surface area contributed by atoms with Crippen LogP contribution in [0.4, 0.5) is 0 Å². The van der Waals surface area contributed by atoms with E-state index in [1.54, 1.807) is 11.3 Å². The van der Waals surface area contributed by atoms with Crippen molar-refractivity contribution in [1.29, 1.82) is 0 Å². The smallest absolute Gasteiger partial charge is 0.0710 e. The maximum absolute atomic E-state index is 3.46. The Hall–Kier alpha value is -0.280. The molecule has 0 aliphatic rings. The molecule has 0 saturated heterocycles. The predicted molar refractivity (Wildman–Crippen MR) is 48.6 cm³/mol. The Balaban J connectivity index is 2.90. The first-order valence-electron chi connectivity index (χ1n) is 2.99. The second kappa shape index (κ2) is 2.10. The number of hydrogen-bond acceptors (Lipinski definition) is 1. The molecule has 2 rings (SSSR count). The van der Waals surface area contributed by atoms with Crippen LogP contribution in [0, 0.1) is 6.92 Å². The van der Waals surface area contributed by atoms with Gasteiger partial charge in [0.1, 0.15) is 0 Å². The molecule has 0 fully saturated rings. The largest absolute Gasteiger partial charge is 0.357 e. The van der Waals surface area contributed by atoms with Crippen LogP contribution in [-0.4, -0.2) is 4.98 Å². The second-order valence-electron chi connectivity index (χ2n) is 2.28. The highest BCUT2D eigenvalue weighted by Gasteiger charge is 2.02. The number of nitrogens with one attached hydrogen (secondary N) is 1. The topological polar surface area (TPSA) is 15.8 Å². The molecule has 0 amide bonds. The third kappa shape index (κ3) is 0.812. The van der Waals surface area contributed by atoms with Gasteiger partial charge in [0.2, 0.25) is 0 Å². The maximum Gasteiger partial charge on any atom is 0.0710 e. The van der Waals surface area contributed by atoms with E-state index in [0.29, 0.717) is 0 Å². The fraction of sp³-hybridized carbons (Fsp3) is 0.143. The van der Waals surface area contributed by atoms with Crippen molar-refractivity contribution in [3.8, 4) is 0 Å². The molecule has 0 spiro atoms. The van der Waals surface area contributed by atoms with Crippen molar-refractivity contribution in [1.82, 2.24) is 4.98 Å². The van der Waals surface area contributed by atoms with E-state index < -0.39 is 0 Å². The third-order valence-corrected chi connectivity index (χ3v) is 3.30. The monoisotopic (exact) mass is 215 g/mol. The van der Waals surface area contributed by atoms with E-state index in [1.807, 2.05) is 0 Å². The first kappa shape index (κ1) is 6.43. The van der Waals surface area contributed by atoms with Gasteiger partial charge in [-0.25, -0.2) is 0 Å². The molecule has 0 unspecified atom stereocenters. The van der Waals surface area contributed by atoms with Gasteiger partial charge in [-0.15, -0.1) is 11.3 Å². The van der Waals surface area contributed by atoms with Gasteiger partial charge >= 0.3 is 0 Å². The van der Waals surface area contributed by atoms with E-state index in [2.05, 4.69) is 39.3 Å². The van der Waals surface area contributed by atoms with Crippen LogP contribution in [0.5, 0.6) is 0 Å². The first-order chi connectivity index (χ1) is 4.77. The lowest BCUT2D eigenvalue weighted by molar-refractivity contribution is 1.30. The molecule has 1 nitrogen and oxygen atoms in total. The van der Waals surface area contributed by atoms with E-state index in [4.69, 9.17) is 0 Å². The fourth-order valence-corrected chi connectivity index (χ4v) is 2.60. The minimum atomic E-state index is 1.17. The highest BCUT2D eigenvalue weighted by molar-refractivity contribution is 9.10. The number of aryl methyl sites for hydroxylation is 1. The molecule has 2 heterocycles. The Morgan fingerprint density at radius 1 is 1.60 bits per heavy atom. The minimum absolute atomic E-state index is 1.17. The zero-order chi connectivity index (χ0) is 7.14. The average Bonchev–Trinajstić information content (AvgIpc) is 2.35. The van der Waals surface area contributed by atoms with E-state index in [-0.39, 0.29) is 0 Å². The molecular weight excluding hydrogens is 210 g/mol. The van der Waals surface area contributed by atoms with Crippen LogP contribution in [0.1, 0.15) is 5.69 Å². The van der Waals surface area contributed by atoms with Gasteiger partial charge < -0.3 is 4.98 Å². The number of rotatable bonds is 0. The predicted octanol–water partition coefficient (Wildman–Crippen LogP) is 3.30. The zero-order valence-corrected chi connectivity index (χ0v) is 7.84. The van der Waals surface area contributed by atoms with E-state index in [9.17, 15) is 0 Å². The summed E-state index contributed by atoms with van der Waals surface area (Å²) in [5, 5.41) is 2.10. The molecule has 3 heteroatoms. The molecule has 0 aliphatic heterocycles. The van der Waals surface area contributed by atoms with Crippen LogP contribution in [0.15, 0.2) is 15.9 Å². The van der Waals surface area contributed by atoms with Gasteiger partial charge in [-0.1, -0.05) is 0 Å². The molecule has 0 saturated carbocycles. The average molecular weight is 216 g/mol. The summed E-state index contributed by atoms with van der Waals surface area (Å²) in [5.41, 5.74) is 2.45. The highest BCUT2D eigenvalue weighted by atomic mass is 79.9. The summed E-state index contributed by atoms with van der Waals surface area (Å²) >= 11 is 5.22. The van der Waals surface area contributed by atoms with Gasteiger partial charge in [0.25, 0.3) is 0 Å². The summed E-state index contributed by atoms with van der Waals surface area (Å²) < 4.78 is 2.49. The van der Waals surface area contributed by atoms with Crippen LogP contribution in [0.25, 0.3) is 10.2 Å². The molecule has 10 heavy (non-hydrogen) atoms. The van der Waals surface area contributed by atoms with Gasteiger partial charge in [0.05, 0.1) is 14.7 Å². The summed E-state index contributed by atoms with van der Waals surface area (Å²) in [6, 6.07) is 2.16. The van der Waals surface area contributed by atoms with Crippen molar-refractivity contribution >= 4 is 37.5 Å². The van der Waals surface area contributed by atoms with Gasteiger partial charge in [0, 0.05) is 11.1 Å². The van der Waals surface area contributed by atoms with Gasteiger partial charge in [-0.2, -0.15) is 0 Å². The van der Waals surface area contributed by atoms with Gasteiger partial charge in [-0.3, -0.25) is 0 Å².